The Balaban J connectivity index is 2.20. The topological polar surface area (TPSA) is 77.6 Å². The number of rotatable bonds is 4. The molecule has 2 rings (SSSR count). The van der Waals surface area contributed by atoms with E-state index < -0.39 is 10.2 Å². The highest BCUT2D eigenvalue weighted by Crippen LogP contribution is 2.22. The van der Waals surface area contributed by atoms with E-state index in [1.807, 2.05) is 14.1 Å². The molecular weight excluding hydrogens is 266 g/mol. The molecule has 1 aromatic heterocycles. The van der Waals surface area contributed by atoms with Gasteiger partial charge in [-0.2, -0.15) is 12.7 Å². The summed E-state index contributed by atoms with van der Waals surface area (Å²) in [4.78, 5) is 5.95. The van der Waals surface area contributed by atoms with Crippen LogP contribution in [0.2, 0.25) is 0 Å². The minimum absolute atomic E-state index is 0.479. The maximum atomic E-state index is 12.3. The van der Waals surface area contributed by atoms with Crippen molar-refractivity contribution in [2.45, 2.75) is 0 Å². The molecule has 8 heteroatoms. The van der Waals surface area contributed by atoms with Gasteiger partial charge in [0.05, 0.1) is 5.69 Å². The lowest BCUT2D eigenvalue weighted by Gasteiger charge is -2.27. The molecule has 1 aliphatic rings. The van der Waals surface area contributed by atoms with Crippen molar-refractivity contribution in [3.63, 3.8) is 0 Å². The van der Waals surface area contributed by atoms with Gasteiger partial charge in [0.15, 0.2) is 5.82 Å². The maximum absolute atomic E-state index is 12.3. The van der Waals surface area contributed by atoms with Gasteiger partial charge in [-0.15, -0.1) is 0 Å². The highest BCUT2D eigenvalue weighted by molar-refractivity contribution is 7.90. The van der Waals surface area contributed by atoms with E-state index in [-0.39, 0.29) is 0 Å². The molecule has 1 fully saturated rings. The van der Waals surface area contributed by atoms with Crippen molar-refractivity contribution in [1.29, 1.82) is 0 Å². The highest BCUT2D eigenvalue weighted by Gasteiger charge is 2.24. The van der Waals surface area contributed by atoms with Crippen LogP contribution in [-0.4, -0.2) is 58.0 Å². The summed E-state index contributed by atoms with van der Waals surface area (Å²) in [6.07, 6.45) is 1.64. The van der Waals surface area contributed by atoms with Gasteiger partial charge in [0, 0.05) is 46.5 Å². The summed E-state index contributed by atoms with van der Waals surface area (Å²) >= 11 is 0. The predicted molar refractivity (Wildman–Crippen MR) is 75.5 cm³/mol. The molecule has 7 nitrogen and oxygen atoms in total. The normalized spacial score (nSPS) is 17.2. The maximum Gasteiger partial charge on any atom is 0.301 e. The van der Waals surface area contributed by atoms with E-state index in [1.165, 1.54) is 4.31 Å². The van der Waals surface area contributed by atoms with Crippen LogP contribution in [0.3, 0.4) is 0 Å². The van der Waals surface area contributed by atoms with Crippen LogP contribution in [0.25, 0.3) is 0 Å². The molecule has 2 heterocycles. The molecule has 106 valence electrons. The summed E-state index contributed by atoms with van der Waals surface area (Å²) in [6.45, 7) is 2.31. The van der Waals surface area contributed by atoms with Crippen molar-refractivity contribution >= 4 is 21.7 Å². The van der Waals surface area contributed by atoms with Crippen LogP contribution in [0.4, 0.5) is 11.5 Å². The van der Waals surface area contributed by atoms with Gasteiger partial charge < -0.3 is 10.2 Å². The van der Waals surface area contributed by atoms with Crippen LogP contribution in [0, 0.1) is 0 Å². The number of hydrogen-bond donors (Lipinski definition) is 2. The molecule has 0 bridgehead atoms. The number of nitrogens with one attached hydrogen (secondary N) is 2. The molecule has 0 aromatic carbocycles. The van der Waals surface area contributed by atoms with Crippen LogP contribution in [-0.2, 0) is 10.2 Å². The lowest BCUT2D eigenvalue weighted by Crippen LogP contribution is -2.48. The predicted octanol–water partition coefficient (Wildman–Crippen LogP) is -0.290. The minimum atomic E-state index is -3.52. The van der Waals surface area contributed by atoms with E-state index in [2.05, 4.69) is 15.0 Å². The van der Waals surface area contributed by atoms with Gasteiger partial charge in [0.25, 0.3) is 0 Å². The molecule has 2 N–H and O–H groups in total. The van der Waals surface area contributed by atoms with Crippen LogP contribution in [0.1, 0.15) is 0 Å². The Hall–Kier alpha value is -1.38. The van der Waals surface area contributed by atoms with E-state index in [0.717, 1.165) is 0 Å². The second kappa shape index (κ2) is 5.72. The smallest absolute Gasteiger partial charge is 0.301 e. The second-order valence-corrected chi connectivity index (χ2v) is 6.20. The minimum Gasteiger partial charge on any atom is -0.361 e. The lowest BCUT2D eigenvalue weighted by atomic mass is 10.4. The van der Waals surface area contributed by atoms with Crippen LogP contribution in [0.5, 0.6) is 0 Å². The standard InChI is InChI=1S/C11H19N5O2S/c1-15(2)11-10(4-3-5-13-11)14-19(17,18)16-8-6-12-7-9-16/h3-5,12,14H,6-9H2,1-2H3. The Labute approximate surface area is 113 Å². The number of hydrogen-bond acceptors (Lipinski definition) is 5. The summed E-state index contributed by atoms with van der Waals surface area (Å²) < 4.78 is 28.6. The first-order valence-corrected chi connectivity index (χ1v) is 7.55. The zero-order chi connectivity index (χ0) is 13.9. The molecule has 19 heavy (non-hydrogen) atoms. The monoisotopic (exact) mass is 285 g/mol. The molecule has 0 spiro atoms. The molecule has 0 radical (unpaired) electrons. The molecule has 0 saturated carbocycles. The zero-order valence-corrected chi connectivity index (χ0v) is 11.9. The average Bonchev–Trinajstić information content (AvgIpc) is 2.39. The number of aromatic nitrogens is 1. The number of piperazine rings is 1. The lowest BCUT2D eigenvalue weighted by molar-refractivity contribution is 0.362. The van der Waals surface area contributed by atoms with Crippen molar-refractivity contribution in [3.8, 4) is 0 Å². The van der Waals surface area contributed by atoms with Gasteiger partial charge in [0.2, 0.25) is 0 Å². The van der Waals surface area contributed by atoms with Crippen molar-refractivity contribution in [2.24, 2.45) is 0 Å². The van der Waals surface area contributed by atoms with Crippen LogP contribution in [0.15, 0.2) is 18.3 Å². The summed E-state index contributed by atoms with van der Waals surface area (Å²) in [7, 11) is 0.133. The van der Waals surface area contributed by atoms with Crippen molar-refractivity contribution in [2.75, 3.05) is 49.9 Å². The van der Waals surface area contributed by atoms with E-state index in [1.54, 1.807) is 23.2 Å². The first kappa shape index (κ1) is 14.0. The fraction of sp³-hybridized carbons (Fsp3) is 0.545. The fourth-order valence-electron chi connectivity index (χ4n) is 1.92. The first-order chi connectivity index (χ1) is 9.00. The molecule has 0 amide bonds. The van der Waals surface area contributed by atoms with Crippen molar-refractivity contribution in [3.05, 3.63) is 18.3 Å². The summed E-state index contributed by atoms with van der Waals surface area (Å²) in [5.41, 5.74) is 0.492. The molecule has 1 saturated heterocycles. The zero-order valence-electron chi connectivity index (χ0n) is 11.1. The first-order valence-electron chi connectivity index (χ1n) is 6.11. The summed E-state index contributed by atoms with van der Waals surface area (Å²) in [5, 5.41) is 3.13. The van der Waals surface area contributed by atoms with Crippen LogP contribution < -0.4 is 14.9 Å². The van der Waals surface area contributed by atoms with Gasteiger partial charge >= 0.3 is 10.2 Å². The second-order valence-electron chi connectivity index (χ2n) is 4.53. The van der Waals surface area contributed by atoms with Crippen LogP contribution >= 0.6 is 0 Å². The number of pyridine rings is 1. The highest BCUT2D eigenvalue weighted by atomic mass is 32.2. The Morgan fingerprint density at radius 3 is 2.68 bits per heavy atom. The fourth-order valence-corrected chi connectivity index (χ4v) is 3.15. The third-order valence-corrected chi connectivity index (χ3v) is 4.39. The van der Waals surface area contributed by atoms with Crippen molar-refractivity contribution in [1.82, 2.24) is 14.6 Å². The van der Waals surface area contributed by atoms with Gasteiger partial charge in [-0.1, -0.05) is 0 Å². The van der Waals surface area contributed by atoms with E-state index in [4.69, 9.17) is 0 Å². The number of nitrogens with zero attached hydrogens (tertiary/aromatic N) is 3. The summed E-state index contributed by atoms with van der Waals surface area (Å²) in [5.74, 6) is 0.598. The Bertz CT molecular complexity index is 526. The largest absolute Gasteiger partial charge is 0.361 e. The molecule has 0 atom stereocenters. The van der Waals surface area contributed by atoms with E-state index in [9.17, 15) is 8.42 Å². The van der Waals surface area contributed by atoms with Crippen molar-refractivity contribution < 1.29 is 8.42 Å². The van der Waals surface area contributed by atoms with Gasteiger partial charge in [-0.3, -0.25) is 4.72 Å². The van der Waals surface area contributed by atoms with Gasteiger partial charge in [-0.25, -0.2) is 4.98 Å². The third kappa shape index (κ3) is 3.34. The SMILES string of the molecule is CN(C)c1ncccc1NS(=O)(=O)N1CCNCC1. The third-order valence-electron chi connectivity index (χ3n) is 2.87. The number of anilines is 2. The Morgan fingerprint density at radius 2 is 2.05 bits per heavy atom. The quantitative estimate of drug-likeness (QED) is 0.795. The molecular formula is C11H19N5O2S. The molecule has 0 aliphatic carbocycles. The molecule has 0 unspecified atom stereocenters. The van der Waals surface area contributed by atoms with E-state index in [0.29, 0.717) is 37.7 Å². The molecule has 1 aromatic rings. The van der Waals surface area contributed by atoms with Gasteiger partial charge in [0.1, 0.15) is 0 Å². The van der Waals surface area contributed by atoms with Gasteiger partial charge in [-0.05, 0) is 12.1 Å². The van der Waals surface area contributed by atoms with E-state index >= 15 is 0 Å². The Kier molecular flexibility index (Phi) is 4.23. The Morgan fingerprint density at radius 1 is 1.37 bits per heavy atom. The summed E-state index contributed by atoms with van der Waals surface area (Å²) in [6, 6.07) is 3.42. The average molecular weight is 285 g/mol. The molecule has 1 aliphatic heterocycles.